The normalized spacial score (nSPS) is 10.8. The van der Waals surface area contributed by atoms with Crippen LogP contribution in [-0.2, 0) is 6.54 Å². The zero-order valence-corrected chi connectivity index (χ0v) is 16.0. The maximum Gasteiger partial charge on any atom is 0.263 e. The lowest BCUT2D eigenvalue weighted by atomic mass is 10.0. The number of amides is 1. The predicted molar refractivity (Wildman–Crippen MR) is 110 cm³/mol. The first-order valence-electron chi connectivity index (χ1n) is 8.79. The second kappa shape index (κ2) is 8.23. The molecular formula is C22H21ClN2O2. The predicted octanol–water partition coefficient (Wildman–Crippen LogP) is 4.93. The van der Waals surface area contributed by atoms with Gasteiger partial charge in [0.25, 0.3) is 11.5 Å². The fourth-order valence-corrected chi connectivity index (χ4v) is 2.90. The molecule has 1 heterocycles. The summed E-state index contributed by atoms with van der Waals surface area (Å²) in [6.07, 6.45) is 1.67. The molecule has 0 aliphatic rings. The van der Waals surface area contributed by atoms with E-state index in [2.05, 4.69) is 19.2 Å². The summed E-state index contributed by atoms with van der Waals surface area (Å²) in [5, 5.41) is 3.44. The molecule has 1 aromatic heterocycles. The van der Waals surface area contributed by atoms with Crippen LogP contribution in [0.25, 0.3) is 0 Å². The van der Waals surface area contributed by atoms with E-state index in [-0.39, 0.29) is 11.1 Å². The molecule has 0 fully saturated rings. The monoisotopic (exact) mass is 380 g/mol. The molecule has 0 atom stereocenters. The molecule has 27 heavy (non-hydrogen) atoms. The van der Waals surface area contributed by atoms with Gasteiger partial charge in [0, 0.05) is 16.9 Å². The van der Waals surface area contributed by atoms with E-state index in [1.54, 1.807) is 30.5 Å². The Bertz CT molecular complexity index is 990. The zero-order chi connectivity index (χ0) is 19.4. The maximum absolute atomic E-state index is 12.7. The molecular weight excluding hydrogens is 360 g/mol. The average molecular weight is 381 g/mol. The lowest BCUT2D eigenvalue weighted by Gasteiger charge is -2.10. The molecule has 1 N–H and O–H groups in total. The summed E-state index contributed by atoms with van der Waals surface area (Å²) in [7, 11) is 0. The maximum atomic E-state index is 12.7. The average Bonchev–Trinajstić information content (AvgIpc) is 2.65. The molecule has 0 aliphatic heterocycles. The summed E-state index contributed by atoms with van der Waals surface area (Å²) >= 11 is 5.90. The molecule has 138 valence electrons. The molecule has 0 saturated carbocycles. The van der Waals surface area contributed by atoms with E-state index in [4.69, 9.17) is 11.6 Å². The number of hydrogen-bond donors (Lipinski definition) is 1. The summed E-state index contributed by atoms with van der Waals surface area (Å²) in [6.45, 7) is 4.60. The van der Waals surface area contributed by atoms with Gasteiger partial charge in [0.1, 0.15) is 5.56 Å². The smallest absolute Gasteiger partial charge is 0.263 e. The number of hydrogen-bond acceptors (Lipinski definition) is 2. The van der Waals surface area contributed by atoms with Gasteiger partial charge in [-0.25, -0.2) is 0 Å². The van der Waals surface area contributed by atoms with Crippen LogP contribution in [0.3, 0.4) is 0 Å². The Kier molecular flexibility index (Phi) is 5.77. The molecule has 0 saturated heterocycles. The largest absolute Gasteiger partial charge is 0.322 e. The van der Waals surface area contributed by atoms with Gasteiger partial charge < -0.3 is 9.88 Å². The Balaban J connectivity index is 1.79. The van der Waals surface area contributed by atoms with E-state index in [1.807, 2.05) is 36.4 Å². The molecule has 0 unspecified atom stereocenters. The van der Waals surface area contributed by atoms with Crippen molar-refractivity contribution in [3.8, 4) is 0 Å². The number of rotatable bonds is 5. The molecule has 1 amide bonds. The van der Waals surface area contributed by atoms with Crippen molar-refractivity contribution in [3.63, 3.8) is 0 Å². The summed E-state index contributed by atoms with van der Waals surface area (Å²) in [5.74, 6) is 0.00620. The molecule has 3 rings (SSSR count). The minimum atomic E-state index is -0.414. The summed E-state index contributed by atoms with van der Waals surface area (Å²) in [5.41, 5.74) is 2.57. The van der Waals surface area contributed by atoms with Crippen LogP contribution in [0, 0.1) is 0 Å². The summed E-state index contributed by atoms with van der Waals surface area (Å²) in [6, 6.07) is 18.2. The Labute approximate surface area is 163 Å². The molecule has 2 aromatic carbocycles. The molecule has 0 spiro atoms. The number of nitrogens with one attached hydrogen (secondary N) is 1. The first kappa shape index (κ1) is 18.9. The number of carbonyl (C=O) groups excluding carboxylic acids is 1. The highest BCUT2D eigenvalue weighted by atomic mass is 35.5. The second-order valence-corrected chi connectivity index (χ2v) is 7.15. The van der Waals surface area contributed by atoms with E-state index in [0.29, 0.717) is 23.2 Å². The van der Waals surface area contributed by atoms with E-state index in [1.165, 1.54) is 10.1 Å². The van der Waals surface area contributed by atoms with Crippen molar-refractivity contribution < 1.29 is 4.79 Å². The third-order valence-corrected chi connectivity index (χ3v) is 4.62. The van der Waals surface area contributed by atoms with Crippen LogP contribution in [0.4, 0.5) is 5.69 Å². The molecule has 5 heteroatoms. The van der Waals surface area contributed by atoms with Gasteiger partial charge in [-0.15, -0.1) is 0 Å². The SMILES string of the molecule is CC(C)c1ccc(NC(=O)c2cccn(Cc3ccc(Cl)cc3)c2=O)cc1. The third-order valence-electron chi connectivity index (χ3n) is 4.37. The quantitative estimate of drug-likeness (QED) is 0.682. The van der Waals surface area contributed by atoms with Crippen molar-refractivity contribution in [3.05, 3.63) is 98.9 Å². The van der Waals surface area contributed by atoms with Crippen molar-refractivity contribution in [2.75, 3.05) is 5.32 Å². The number of pyridine rings is 1. The molecule has 0 bridgehead atoms. The fourth-order valence-electron chi connectivity index (χ4n) is 2.77. The van der Waals surface area contributed by atoms with Crippen molar-refractivity contribution in [2.24, 2.45) is 0 Å². The summed E-state index contributed by atoms with van der Waals surface area (Å²) in [4.78, 5) is 25.3. The number of halogens is 1. The Hall–Kier alpha value is -2.85. The highest BCUT2D eigenvalue weighted by Gasteiger charge is 2.13. The van der Waals surface area contributed by atoms with Gasteiger partial charge in [0.15, 0.2) is 0 Å². The van der Waals surface area contributed by atoms with Gasteiger partial charge in [0.2, 0.25) is 0 Å². The molecule has 0 radical (unpaired) electrons. The second-order valence-electron chi connectivity index (χ2n) is 6.71. The van der Waals surface area contributed by atoms with E-state index < -0.39 is 5.91 Å². The summed E-state index contributed by atoms with van der Waals surface area (Å²) < 4.78 is 1.51. The van der Waals surface area contributed by atoms with Gasteiger partial charge in [-0.1, -0.05) is 49.7 Å². The topological polar surface area (TPSA) is 51.1 Å². The van der Waals surface area contributed by atoms with Crippen LogP contribution in [0.5, 0.6) is 0 Å². The van der Waals surface area contributed by atoms with Crippen molar-refractivity contribution in [1.82, 2.24) is 4.57 Å². The van der Waals surface area contributed by atoms with E-state index >= 15 is 0 Å². The van der Waals surface area contributed by atoms with Crippen molar-refractivity contribution in [2.45, 2.75) is 26.3 Å². The first-order valence-corrected chi connectivity index (χ1v) is 9.17. The van der Waals surface area contributed by atoms with E-state index in [9.17, 15) is 9.59 Å². The lowest BCUT2D eigenvalue weighted by Crippen LogP contribution is -2.29. The molecule has 0 aliphatic carbocycles. The standard InChI is InChI=1S/C22H21ClN2O2/c1-15(2)17-7-11-19(12-8-17)24-21(26)20-4-3-13-25(22(20)27)14-16-5-9-18(23)10-6-16/h3-13,15H,14H2,1-2H3,(H,24,26). The van der Waals surface area contributed by atoms with E-state index in [0.717, 1.165) is 5.56 Å². The van der Waals surface area contributed by atoms with Crippen LogP contribution in [-0.4, -0.2) is 10.5 Å². The number of benzene rings is 2. The van der Waals surface area contributed by atoms with Gasteiger partial charge in [-0.2, -0.15) is 0 Å². The van der Waals surface area contributed by atoms with Crippen LogP contribution >= 0.6 is 11.6 Å². The Morgan fingerprint density at radius 1 is 1.04 bits per heavy atom. The highest BCUT2D eigenvalue weighted by molar-refractivity contribution is 6.30. The Morgan fingerprint density at radius 3 is 2.33 bits per heavy atom. The fraction of sp³-hybridized carbons (Fsp3) is 0.182. The van der Waals surface area contributed by atoms with Crippen molar-refractivity contribution >= 4 is 23.2 Å². The van der Waals surface area contributed by atoms with Gasteiger partial charge >= 0.3 is 0 Å². The Morgan fingerprint density at radius 2 is 1.70 bits per heavy atom. The zero-order valence-electron chi connectivity index (χ0n) is 15.3. The van der Waals surface area contributed by atoms with Crippen molar-refractivity contribution in [1.29, 1.82) is 0 Å². The number of anilines is 1. The van der Waals surface area contributed by atoms with Gasteiger partial charge in [-0.3, -0.25) is 9.59 Å². The minimum Gasteiger partial charge on any atom is -0.322 e. The van der Waals surface area contributed by atoms with Crippen LogP contribution < -0.4 is 10.9 Å². The van der Waals surface area contributed by atoms with Crippen LogP contribution in [0.2, 0.25) is 5.02 Å². The number of carbonyl (C=O) groups is 1. The molecule has 3 aromatic rings. The highest BCUT2D eigenvalue weighted by Crippen LogP contribution is 2.17. The molecule has 4 nitrogen and oxygen atoms in total. The van der Waals surface area contributed by atoms with Gasteiger partial charge in [0.05, 0.1) is 6.54 Å². The van der Waals surface area contributed by atoms with Crippen LogP contribution in [0.1, 0.15) is 41.3 Å². The minimum absolute atomic E-state index is 0.111. The number of nitrogens with zero attached hydrogens (tertiary/aromatic N) is 1. The number of aromatic nitrogens is 1. The first-order chi connectivity index (χ1) is 12.9. The third kappa shape index (κ3) is 4.66. The lowest BCUT2D eigenvalue weighted by molar-refractivity contribution is 0.102. The van der Waals surface area contributed by atoms with Gasteiger partial charge in [-0.05, 0) is 53.4 Å². The van der Waals surface area contributed by atoms with Crippen LogP contribution in [0.15, 0.2) is 71.7 Å².